The van der Waals surface area contributed by atoms with Crippen molar-refractivity contribution in [3.05, 3.63) is 99.0 Å². The molecule has 1 aliphatic rings. The quantitative estimate of drug-likeness (QED) is 0.271. The molecular weight excluding hydrogens is 491 g/mol. The molecule has 1 fully saturated rings. The number of piperidine rings is 1. The van der Waals surface area contributed by atoms with Crippen molar-refractivity contribution in [2.45, 2.75) is 32.1 Å². The smallest absolute Gasteiger partial charge is 0.273 e. The molecule has 1 saturated heterocycles. The van der Waals surface area contributed by atoms with Crippen molar-refractivity contribution in [1.82, 2.24) is 10.1 Å². The third kappa shape index (κ3) is 4.97. The Labute approximate surface area is 217 Å². The topological polar surface area (TPSA) is 119 Å². The van der Waals surface area contributed by atoms with Gasteiger partial charge >= 0.3 is 0 Å². The third-order valence-electron chi connectivity index (χ3n) is 7.02. The Bertz CT molecular complexity index is 1520. The monoisotopic (exact) mass is 516 g/mol. The summed E-state index contributed by atoms with van der Waals surface area (Å²) in [5.41, 5.74) is 2.49. The second kappa shape index (κ2) is 10.4. The molecule has 10 heteroatoms. The molecule has 2 amide bonds. The molecular formula is C28H25FN4O5. The first-order valence-electron chi connectivity index (χ1n) is 12.3. The molecule has 0 unspecified atom stereocenters. The number of aromatic nitrogens is 1. The Morgan fingerprint density at radius 1 is 1.11 bits per heavy atom. The number of nitrogens with one attached hydrogen (secondary N) is 1. The fourth-order valence-corrected chi connectivity index (χ4v) is 4.96. The number of para-hydroxylation sites is 1. The summed E-state index contributed by atoms with van der Waals surface area (Å²) in [6.45, 7) is 2.22. The fraction of sp³-hybridized carbons (Fsp3) is 0.250. The average molecular weight is 517 g/mol. The zero-order valence-electron chi connectivity index (χ0n) is 20.6. The minimum absolute atomic E-state index is 0.0384. The predicted molar refractivity (Wildman–Crippen MR) is 138 cm³/mol. The summed E-state index contributed by atoms with van der Waals surface area (Å²) >= 11 is 0. The minimum Gasteiger partial charge on any atom is -0.356 e. The first-order chi connectivity index (χ1) is 18.3. The van der Waals surface area contributed by atoms with Crippen LogP contribution in [-0.4, -0.2) is 39.9 Å². The zero-order chi connectivity index (χ0) is 26.8. The van der Waals surface area contributed by atoms with Gasteiger partial charge < -0.3 is 14.7 Å². The molecule has 1 aromatic heterocycles. The van der Waals surface area contributed by atoms with Crippen LogP contribution in [0.15, 0.2) is 65.2 Å². The number of carbonyl (C=O) groups excluding carboxylic acids is 2. The van der Waals surface area contributed by atoms with Gasteiger partial charge in [-0.2, -0.15) is 0 Å². The van der Waals surface area contributed by atoms with Gasteiger partial charge in [-0.1, -0.05) is 29.4 Å². The van der Waals surface area contributed by atoms with E-state index in [0.717, 1.165) is 23.1 Å². The number of benzene rings is 3. The summed E-state index contributed by atoms with van der Waals surface area (Å²) in [6.07, 6.45) is 1.44. The number of nitro groups is 1. The van der Waals surface area contributed by atoms with E-state index in [1.165, 1.54) is 6.92 Å². The Hall–Kier alpha value is -4.60. The summed E-state index contributed by atoms with van der Waals surface area (Å²) in [7, 11) is 0. The lowest BCUT2D eigenvalue weighted by molar-refractivity contribution is -0.385. The number of nitro benzene ring substituents is 1. The first kappa shape index (κ1) is 25.1. The molecule has 9 nitrogen and oxygen atoms in total. The number of anilines is 1. The molecule has 0 aliphatic carbocycles. The van der Waals surface area contributed by atoms with Crippen molar-refractivity contribution in [3.63, 3.8) is 0 Å². The normalized spacial score (nSPS) is 14.0. The zero-order valence-corrected chi connectivity index (χ0v) is 20.6. The van der Waals surface area contributed by atoms with Gasteiger partial charge in [0.15, 0.2) is 5.58 Å². The molecule has 0 spiro atoms. The van der Waals surface area contributed by atoms with Crippen LogP contribution in [0.5, 0.6) is 0 Å². The SMILES string of the molecule is Cc1c([N+](=O)[O-])ccc(F)c1C(=O)N1CCC(c2ccc(NC(=O)Cc3noc4ccccc34)cc2)CC1. The largest absolute Gasteiger partial charge is 0.356 e. The molecule has 2 heterocycles. The Morgan fingerprint density at radius 2 is 1.82 bits per heavy atom. The number of hydrogen-bond acceptors (Lipinski definition) is 6. The van der Waals surface area contributed by atoms with Gasteiger partial charge in [-0.15, -0.1) is 0 Å². The van der Waals surface area contributed by atoms with Crippen molar-refractivity contribution < 1.29 is 23.4 Å². The van der Waals surface area contributed by atoms with E-state index in [-0.39, 0.29) is 35.1 Å². The van der Waals surface area contributed by atoms with Gasteiger partial charge in [0.05, 0.1) is 16.9 Å². The van der Waals surface area contributed by atoms with E-state index < -0.39 is 16.6 Å². The van der Waals surface area contributed by atoms with Crippen LogP contribution in [0, 0.1) is 22.9 Å². The Morgan fingerprint density at radius 3 is 2.53 bits per heavy atom. The summed E-state index contributed by atoms with van der Waals surface area (Å²) in [6, 6.07) is 17.0. The van der Waals surface area contributed by atoms with Gasteiger partial charge in [0, 0.05) is 35.8 Å². The molecule has 194 valence electrons. The summed E-state index contributed by atoms with van der Waals surface area (Å²) in [4.78, 5) is 37.7. The minimum atomic E-state index is -0.755. The van der Waals surface area contributed by atoms with E-state index in [1.54, 1.807) is 11.0 Å². The lowest BCUT2D eigenvalue weighted by Crippen LogP contribution is -2.38. The summed E-state index contributed by atoms with van der Waals surface area (Å²) < 4.78 is 19.7. The maximum atomic E-state index is 14.4. The highest BCUT2D eigenvalue weighted by Crippen LogP contribution is 2.31. The molecule has 4 aromatic rings. The van der Waals surface area contributed by atoms with Gasteiger partial charge in [0.2, 0.25) is 5.91 Å². The number of hydrogen-bond donors (Lipinski definition) is 1. The molecule has 0 radical (unpaired) electrons. The second-order valence-corrected chi connectivity index (χ2v) is 9.36. The van der Waals surface area contributed by atoms with Crippen molar-refractivity contribution in [1.29, 1.82) is 0 Å². The highest BCUT2D eigenvalue weighted by atomic mass is 19.1. The fourth-order valence-electron chi connectivity index (χ4n) is 4.96. The highest BCUT2D eigenvalue weighted by molar-refractivity contribution is 5.97. The molecule has 5 rings (SSSR count). The molecule has 1 aliphatic heterocycles. The van der Waals surface area contributed by atoms with E-state index in [1.807, 2.05) is 42.5 Å². The number of rotatable bonds is 6. The number of likely N-dealkylation sites (tertiary alicyclic amines) is 1. The Kier molecular flexibility index (Phi) is 6.87. The average Bonchev–Trinajstić information content (AvgIpc) is 3.31. The van der Waals surface area contributed by atoms with Crippen molar-refractivity contribution >= 4 is 34.2 Å². The molecule has 38 heavy (non-hydrogen) atoms. The molecule has 0 bridgehead atoms. The predicted octanol–water partition coefficient (Wildman–Crippen LogP) is 5.38. The molecule has 0 atom stereocenters. The van der Waals surface area contributed by atoms with E-state index >= 15 is 0 Å². The van der Waals surface area contributed by atoms with Crippen LogP contribution in [-0.2, 0) is 11.2 Å². The lowest BCUT2D eigenvalue weighted by atomic mass is 9.89. The number of nitrogens with zero attached hydrogens (tertiary/aromatic N) is 3. The van der Waals surface area contributed by atoms with Crippen LogP contribution in [0.1, 0.15) is 45.9 Å². The van der Waals surface area contributed by atoms with Gasteiger partial charge in [0.25, 0.3) is 11.6 Å². The van der Waals surface area contributed by atoms with Crippen LogP contribution < -0.4 is 5.32 Å². The molecule has 1 N–H and O–H groups in total. The lowest BCUT2D eigenvalue weighted by Gasteiger charge is -2.32. The summed E-state index contributed by atoms with van der Waals surface area (Å²) in [5, 5.41) is 18.9. The molecule has 0 saturated carbocycles. The number of fused-ring (bicyclic) bond motifs is 1. The number of amides is 2. The van der Waals surface area contributed by atoms with Crippen molar-refractivity contribution in [2.75, 3.05) is 18.4 Å². The van der Waals surface area contributed by atoms with Gasteiger partial charge in [-0.25, -0.2) is 4.39 Å². The van der Waals surface area contributed by atoms with Crippen LogP contribution in [0.25, 0.3) is 11.0 Å². The van der Waals surface area contributed by atoms with E-state index in [9.17, 15) is 24.1 Å². The van der Waals surface area contributed by atoms with E-state index in [4.69, 9.17) is 4.52 Å². The number of carbonyl (C=O) groups is 2. The van der Waals surface area contributed by atoms with E-state index in [0.29, 0.717) is 42.9 Å². The standard InChI is InChI=1S/C28H25FN4O5/c1-17-24(33(36)37)11-10-22(29)27(17)28(35)32-14-12-19(13-15-32)18-6-8-20(9-7-18)30-26(34)16-23-21-4-2-3-5-25(21)38-31-23/h2-11,19H,12-16H2,1H3,(H,30,34). The van der Waals surface area contributed by atoms with Crippen molar-refractivity contribution in [2.24, 2.45) is 0 Å². The van der Waals surface area contributed by atoms with Crippen LogP contribution in [0.4, 0.5) is 15.8 Å². The van der Waals surface area contributed by atoms with E-state index in [2.05, 4.69) is 10.5 Å². The van der Waals surface area contributed by atoms with Gasteiger partial charge in [-0.3, -0.25) is 19.7 Å². The van der Waals surface area contributed by atoms with Crippen LogP contribution in [0.2, 0.25) is 0 Å². The summed E-state index contributed by atoms with van der Waals surface area (Å²) in [5.74, 6) is -1.29. The van der Waals surface area contributed by atoms with Crippen LogP contribution in [0.3, 0.4) is 0 Å². The maximum Gasteiger partial charge on any atom is 0.273 e. The Balaban J connectivity index is 1.18. The second-order valence-electron chi connectivity index (χ2n) is 9.36. The number of halogens is 1. The van der Waals surface area contributed by atoms with Gasteiger partial charge in [-0.05, 0) is 61.6 Å². The molecule has 3 aromatic carbocycles. The highest BCUT2D eigenvalue weighted by Gasteiger charge is 2.29. The third-order valence-corrected chi connectivity index (χ3v) is 7.02. The maximum absolute atomic E-state index is 14.4. The van der Waals surface area contributed by atoms with Crippen molar-refractivity contribution in [3.8, 4) is 0 Å². The first-order valence-corrected chi connectivity index (χ1v) is 12.3. The van der Waals surface area contributed by atoms with Crippen LogP contribution >= 0.6 is 0 Å². The van der Waals surface area contributed by atoms with Gasteiger partial charge in [0.1, 0.15) is 11.5 Å².